The third kappa shape index (κ3) is 4.35. The fourth-order valence-corrected chi connectivity index (χ4v) is 2.04. The van der Waals surface area contributed by atoms with Gasteiger partial charge in [0.1, 0.15) is 11.9 Å². The average Bonchev–Trinajstić information content (AvgIpc) is 2.92. The van der Waals surface area contributed by atoms with Gasteiger partial charge < -0.3 is 9.84 Å². The third-order valence-electron chi connectivity index (χ3n) is 3.60. The summed E-state index contributed by atoms with van der Waals surface area (Å²) in [7, 11) is 1.85. The number of aromatic nitrogens is 2. The molecular formula is C16H21FN4O2. The van der Waals surface area contributed by atoms with Crippen molar-refractivity contribution in [3.05, 3.63) is 47.4 Å². The minimum Gasteiger partial charge on any atom is -0.341 e. The summed E-state index contributed by atoms with van der Waals surface area (Å²) in [5, 5.41) is 6.60. The number of aryl methyl sites for hydroxylation is 1. The molecule has 0 spiro atoms. The predicted octanol–water partition coefficient (Wildman–Crippen LogP) is 2.06. The molecule has 0 aliphatic rings. The Morgan fingerprint density at radius 2 is 2.09 bits per heavy atom. The molecule has 0 bridgehead atoms. The van der Waals surface area contributed by atoms with Gasteiger partial charge in [0.15, 0.2) is 5.82 Å². The maximum atomic E-state index is 14.1. The van der Waals surface area contributed by atoms with Crippen LogP contribution in [0.5, 0.6) is 0 Å². The Balaban J connectivity index is 2.25. The van der Waals surface area contributed by atoms with Gasteiger partial charge in [-0.2, -0.15) is 4.98 Å². The maximum absolute atomic E-state index is 14.1. The lowest BCUT2D eigenvalue weighted by Gasteiger charge is -2.22. The highest BCUT2D eigenvalue weighted by atomic mass is 19.1. The molecule has 23 heavy (non-hydrogen) atoms. The molecule has 1 amide bonds. The first kappa shape index (κ1) is 17.1. The Labute approximate surface area is 134 Å². The molecule has 1 aromatic heterocycles. The highest BCUT2D eigenvalue weighted by Gasteiger charge is 2.25. The van der Waals surface area contributed by atoms with Crippen molar-refractivity contribution in [1.82, 2.24) is 20.4 Å². The fraction of sp³-hybridized carbons (Fsp3) is 0.438. The van der Waals surface area contributed by atoms with Crippen LogP contribution in [0.3, 0.4) is 0 Å². The first-order valence-electron chi connectivity index (χ1n) is 7.42. The summed E-state index contributed by atoms with van der Waals surface area (Å²) in [6.07, 6.45) is 0. The number of carbonyl (C=O) groups is 1. The molecule has 0 unspecified atom stereocenters. The molecule has 1 aromatic carbocycles. The molecule has 1 N–H and O–H groups in total. The zero-order valence-corrected chi connectivity index (χ0v) is 13.7. The standard InChI is InChI=1S/C16H21FN4O2/c1-10(2)21(4)9-14(22)19-15(16-18-11(3)23-20-16)12-7-5-6-8-13(12)17/h5-8,10,15H,9H2,1-4H3,(H,19,22)/t15-/m0/s1. The minimum atomic E-state index is -0.790. The molecule has 0 saturated carbocycles. The lowest BCUT2D eigenvalue weighted by molar-refractivity contribution is -0.122. The van der Waals surface area contributed by atoms with Crippen molar-refractivity contribution in [3.8, 4) is 0 Å². The molecule has 6 nitrogen and oxygen atoms in total. The van der Waals surface area contributed by atoms with Crippen LogP contribution in [0, 0.1) is 12.7 Å². The molecule has 2 rings (SSSR count). The normalized spacial score (nSPS) is 12.7. The predicted molar refractivity (Wildman–Crippen MR) is 83.2 cm³/mol. The number of hydrogen-bond acceptors (Lipinski definition) is 5. The van der Waals surface area contributed by atoms with Gasteiger partial charge in [0.05, 0.1) is 6.54 Å². The number of benzene rings is 1. The highest BCUT2D eigenvalue weighted by Crippen LogP contribution is 2.22. The molecule has 2 aromatic rings. The first-order valence-corrected chi connectivity index (χ1v) is 7.42. The summed E-state index contributed by atoms with van der Waals surface area (Å²) in [4.78, 5) is 18.3. The number of nitrogens with one attached hydrogen (secondary N) is 1. The van der Waals surface area contributed by atoms with E-state index in [2.05, 4.69) is 15.5 Å². The molecule has 0 aliphatic carbocycles. The number of likely N-dealkylation sites (N-methyl/N-ethyl adjacent to an activating group) is 1. The summed E-state index contributed by atoms with van der Waals surface area (Å²) in [5.74, 6) is -0.0857. The highest BCUT2D eigenvalue weighted by molar-refractivity contribution is 5.78. The van der Waals surface area contributed by atoms with Gasteiger partial charge in [-0.15, -0.1) is 0 Å². The van der Waals surface area contributed by atoms with Gasteiger partial charge in [-0.25, -0.2) is 4.39 Å². The molecule has 124 valence electrons. The van der Waals surface area contributed by atoms with Crippen molar-refractivity contribution in [2.45, 2.75) is 32.9 Å². The van der Waals surface area contributed by atoms with Crippen LogP contribution in [0.25, 0.3) is 0 Å². The van der Waals surface area contributed by atoms with Crippen molar-refractivity contribution in [2.24, 2.45) is 0 Å². The van der Waals surface area contributed by atoms with Crippen molar-refractivity contribution in [2.75, 3.05) is 13.6 Å². The van der Waals surface area contributed by atoms with Gasteiger partial charge >= 0.3 is 0 Å². The summed E-state index contributed by atoms with van der Waals surface area (Å²) in [5.41, 5.74) is 0.300. The van der Waals surface area contributed by atoms with Crippen molar-refractivity contribution < 1.29 is 13.7 Å². The largest absolute Gasteiger partial charge is 0.341 e. The van der Waals surface area contributed by atoms with Crippen LogP contribution in [-0.2, 0) is 4.79 Å². The molecule has 1 atom stereocenters. The van der Waals surface area contributed by atoms with Crippen LogP contribution >= 0.6 is 0 Å². The van der Waals surface area contributed by atoms with E-state index in [9.17, 15) is 9.18 Å². The SMILES string of the molecule is Cc1nc([C@@H](NC(=O)CN(C)C(C)C)c2ccccc2F)no1. The second kappa shape index (κ2) is 7.32. The van der Waals surface area contributed by atoms with Gasteiger partial charge in [-0.05, 0) is 27.0 Å². The van der Waals surface area contributed by atoms with Gasteiger partial charge in [0, 0.05) is 18.5 Å². The lowest BCUT2D eigenvalue weighted by atomic mass is 10.1. The van der Waals surface area contributed by atoms with Crippen LogP contribution in [0.4, 0.5) is 4.39 Å². The smallest absolute Gasteiger partial charge is 0.235 e. The zero-order chi connectivity index (χ0) is 17.0. The number of nitrogens with zero attached hydrogens (tertiary/aromatic N) is 3. The summed E-state index contributed by atoms with van der Waals surface area (Å²) < 4.78 is 19.1. The molecule has 0 fully saturated rings. The van der Waals surface area contributed by atoms with Crippen molar-refractivity contribution in [1.29, 1.82) is 0 Å². The van der Waals surface area contributed by atoms with Gasteiger partial charge in [-0.1, -0.05) is 23.4 Å². The summed E-state index contributed by atoms with van der Waals surface area (Å²) in [6.45, 7) is 5.82. The number of carbonyl (C=O) groups excluding carboxylic acids is 1. The van der Waals surface area contributed by atoms with E-state index in [-0.39, 0.29) is 24.3 Å². The van der Waals surface area contributed by atoms with Crippen LogP contribution in [0.15, 0.2) is 28.8 Å². The van der Waals surface area contributed by atoms with Crippen LogP contribution in [0.2, 0.25) is 0 Å². The third-order valence-corrected chi connectivity index (χ3v) is 3.60. The Morgan fingerprint density at radius 1 is 1.39 bits per heavy atom. The Kier molecular flexibility index (Phi) is 5.44. The van der Waals surface area contributed by atoms with E-state index in [1.54, 1.807) is 25.1 Å². The minimum absolute atomic E-state index is 0.194. The van der Waals surface area contributed by atoms with E-state index >= 15 is 0 Å². The van der Waals surface area contributed by atoms with E-state index in [0.717, 1.165) is 0 Å². The van der Waals surface area contributed by atoms with Gasteiger partial charge in [-0.3, -0.25) is 9.69 Å². The van der Waals surface area contributed by atoms with E-state index < -0.39 is 11.9 Å². The Bertz CT molecular complexity index is 672. The average molecular weight is 320 g/mol. The number of halogens is 1. The lowest BCUT2D eigenvalue weighted by Crippen LogP contribution is -2.40. The maximum Gasteiger partial charge on any atom is 0.235 e. The second-order valence-corrected chi connectivity index (χ2v) is 5.70. The van der Waals surface area contributed by atoms with E-state index in [1.807, 2.05) is 25.8 Å². The molecular weight excluding hydrogens is 299 g/mol. The van der Waals surface area contributed by atoms with E-state index in [0.29, 0.717) is 11.5 Å². The summed E-state index contributed by atoms with van der Waals surface area (Å²) >= 11 is 0. The van der Waals surface area contributed by atoms with Gasteiger partial charge in [0.2, 0.25) is 11.8 Å². The number of rotatable bonds is 6. The number of amides is 1. The fourth-order valence-electron chi connectivity index (χ4n) is 2.04. The number of hydrogen-bond donors (Lipinski definition) is 1. The molecule has 0 radical (unpaired) electrons. The molecule has 0 saturated heterocycles. The molecule has 1 heterocycles. The Hall–Kier alpha value is -2.28. The van der Waals surface area contributed by atoms with E-state index in [4.69, 9.17) is 4.52 Å². The van der Waals surface area contributed by atoms with Crippen LogP contribution in [0.1, 0.15) is 37.2 Å². The Morgan fingerprint density at radius 3 is 2.65 bits per heavy atom. The first-order chi connectivity index (χ1) is 10.9. The second-order valence-electron chi connectivity index (χ2n) is 5.70. The van der Waals surface area contributed by atoms with Gasteiger partial charge in [0.25, 0.3) is 0 Å². The van der Waals surface area contributed by atoms with Crippen molar-refractivity contribution >= 4 is 5.91 Å². The topological polar surface area (TPSA) is 71.3 Å². The van der Waals surface area contributed by atoms with E-state index in [1.165, 1.54) is 6.07 Å². The quantitative estimate of drug-likeness (QED) is 0.882. The van der Waals surface area contributed by atoms with Crippen molar-refractivity contribution in [3.63, 3.8) is 0 Å². The zero-order valence-electron chi connectivity index (χ0n) is 13.7. The van der Waals surface area contributed by atoms with Crippen LogP contribution in [-0.4, -0.2) is 40.6 Å². The van der Waals surface area contributed by atoms with Crippen LogP contribution < -0.4 is 5.32 Å². The summed E-state index contributed by atoms with van der Waals surface area (Å²) in [6, 6.07) is 5.65. The molecule has 7 heteroatoms. The monoisotopic (exact) mass is 320 g/mol. The molecule has 0 aliphatic heterocycles.